The highest BCUT2D eigenvalue weighted by Gasteiger charge is 2.28. The molecular formula is C26H26ClN3O. The lowest BCUT2D eigenvalue weighted by Crippen LogP contribution is -2.25. The molecule has 0 spiro atoms. The van der Waals surface area contributed by atoms with Crippen molar-refractivity contribution in [2.24, 2.45) is 0 Å². The van der Waals surface area contributed by atoms with E-state index < -0.39 is 0 Å². The molecule has 0 radical (unpaired) electrons. The van der Waals surface area contributed by atoms with Gasteiger partial charge in [0.25, 0.3) is 5.91 Å². The summed E-state index contributed by atoms with van der Waals surface area (Å²) in [6.07, 6.45) is 0. The van der Waals surface area contributed by atoms with Gasteiger partial charge in [-0.15, -0.1) is 0 Å². The predicted molar refractivity (Wildman–Crippen MR) is 130 cm³/mol. The topological polar surface area (TPSA) is 44.4 Å². The van der Waals surface area contributed by atoms with Crippen LogP contribution < -0.4 is 10.6 Å². The molecule has 3 aromatic rings. The molecule has 1 aliphatic heterocycles. The Morgan fingerprint density at radius 1 is 1.03 bits per heavy atom. The first-order valence-electron chi connectivity index (χ1n) is 10.4. The van der Waals surface area contributed by atoms with Gasteiger partial charge in [-0.1, -0.05) is 60.1 Å². The van der Waals surface area contributed by atoms with Gasteiger partial charge in [-0.25, -0.2) is 0 Å². The Morgan fingerprint density at radius 2 is 1.74 bits per heavy atom. The number of nitrogens with one attached hydrogen (secondary N) is 2. The fourth-order valence-corrected chi connectivity index (χ4v) is 3.76. The minimum absolute atomic E-state index is 0.140. The SMILES string of the molecule is CC(C)N(C)Cc1ccc(NC(=C2C(=O)Nc3cc(Cl)ccc32)c2ccccc2)cc1. The summed E-state index contributed by atoms with van der Waals surface area (Å²) in [5, 5.41) is 7.03. The Balaban J connectivity index is 1.72. The largest absolute Gasteiger partial charge is 0.354 e. The smallest absolute Gasteiger partial charge is 0.258 e. The van der Waals surface area contributed by atoms with Crippen LogP contribution in [0.25, 0.3) is 11.3 Å². The first-order chi connectivity index (χ1) is 14.9. The molecule has 158 valence electrons. The van der Waals surface area contributed by atoms with Gasteiger partial charge >= 0.3 is 0 Å². The number of benzene rings is 3. The normalized spacial score (nSPS) is 14.6. The van der Waals surface area contributed by atoms with Crippen molar-refractivity contribution in [2.75, 3.05) is 17.7 Å². The van der Waals surface area contributed by atoms with Crippen LogP contribution in [-0.4, -0.2) is 23.9 Å². The van der Waals surface area contributed by atoms with Gasteiger partial charge in [-0.2, -0.15) is 0 Å². The van der Waals surface area contributed by atoms with E-state index in [1.165, 1.54) is 5.56 Å². The van der Waals surface area contributed by atoms with Crippen LogP contribution in [0.15, 0.2) is 72.8 Å². The van der Waals surface area contributed by atoms with Crippen molar-refractivity contribution >= 4 is 40.2 Å². The first-order valence-corrected chi connectivity index (χ1v) is 10.8. The molecule has 4 rings (SSSR count). The molecule has 1 heterocycles. The quantitative estimate of drug-likeness (QED) is 0.462. The number of hydrogen-bond donors (Lipinski definition) is 2. The summed E-state index contributed by atoms with van der Waals surface area (Å²) in [7, 11) is 2.12. The van der Waals surface area contributed by atoms with Crippen molar-refractivity contribution in [2.45, 2.75) is 26.4 Å². The van der Waals surface area contributed by atoms with Crippen molar-refractivity contribution < 1.29 is 4.79 Å². The predicted octanol–water partition coefficient (Wildman–Crippen LogP) is 6.11. The van der Waals surface area contributed by atoms with Gasteiger partial charge in [-0.05, 0) is 56.3 Å². The molecule has 0 saturated heterocycles. The average Bonchev–Trinajstić information content (AvgIpc) is 3.08. The van der Waals surface area contributed by atoms with E-state index in [-0.39, 0.29) is 5.91 Å². The van der Waals surface area contributed by atoms with Gasteiger partial charge in [0, 0.05) is 28.9 Å². The zero-order valence-electron chi connectivity index (χ0n) is 17.9. The van der Waals surface area contributed by atoms with Crippen molar-refractivity contribution in [3.8, 4) is 0 Å². The zero-order chi connectivity index (χ0) is 22.0. The summed E-state index contributed by atoms with van der Waals surface area (Å²) in [6.45, 7) is 5.26. The molecule has 0 aromatic heterocycles. The molecule has 0 aliphatic carbocycles. The molecule has 31 heavy (non-hydrogen) atoms. The Kier molecular flexibility index (Phi) is 6.12. The Hall–Kier alpha value is -3.08. The van der Waals surface area contributed by atoms with Gasteiger partial charge in [0.2, 0.25) is 0 Å². The minimum Gasteiger partial charge on any atom is -0.354 e. The number of amides is 1. The van der Waals surface area contributed by atoms with E-state index in [4.69, 9.17) is 11.6 Å². The van der Waals surface area contributed by atoms with Crippen LogP contribution in [-0.2, 0) is 11.3 Å². The fourth-order valence-electron chi connectivity index (χ4n) is 3.59. The molecule has 5 heteroatoms. The number of carbonyl (C=O) groups excluding carboxylic acids is 1. The average molecular weight is 432 g/mol. The van der Waals surface area contributed by atoms with Crippen LogP contribution in [0.1, 0.15) is 30.5 Å². The molecule has 3 aromatic carbocycles. The number of carbonyl (C=O) groups is 1. The molecule has 1 amide bonds. The summed E-state index contributed by atoms with van der Waals surface area (Å²) in [4.78, 5) is 15.2. The number of nitrogens with zero attached hydrogens (tertiary/aromatic N) is 1. The number of rotatable bonds is 6. The number of halogens is 1. The third kappa shape index (κ3) is 4.66. The van der Waals surface area contributed by atoms with Gasteiger partial charge < -0.3 is 10.6 Å². The molecule has 4 nitrogen and oxygen atoms in total. The van der Waals surface area contributed by atoms with Crippen molar-refractivity contribution in [1.82, 2.24) is 4.90 Å². The van der Waals surface area contributed by atoms with Gasteiger partial charge in [0.1, 0.15) is 0 Å². The highest BCUT2D eigenvalue weighted by atomic mass is 35.5. The maximum absolute atomic E-state index is 12.9. The first kappa shape index (κ1) is 21.2. The second-order valence-electron chi connectivity index (χ2n) is 8.09. The Bertz CT molecular complexity index is 1120. The second kappa shape index (κ2) is 8.96. The van der Waals surface area contributed by atoms with Crippen molar-refractivity contribution in [3.63, 3.8) is 0 Å². The maximum Gasteiger partial charge on any atom is 0.258 e. The lowest BCUT2D eigenvalue weighted by Gasteiger charge is -2.21. The molecule has 0 unspecified atom stereocenters. The summed E-state index contributed by atoms with van der Waals surface area (Å²) in [6, 6.07) is 24.2. The van der Waals surface area contributed by atoms with Gasteiger partial charge in [0.15, 0.2) is 0 Å². The number of fused-ring (bicyclic) bond motifs is 1. The third-order valence-electron chi connectivity index (χ3n) is 5.58. The van der Waals surface area contributed by atoms with E-state index >= 15 is 0 Å². The minimum atomic E-state index is -0.140. The van der Waals surface area contributed by atoms with Crippen LogP contribution in [0.5, 0.6) is 0 Å². The van der Waals surface area contributed by atoms with Crippen molar-refractivity contribution in [1.29, 1.82) is 0 Å². The number of anilines is 2. The standard InChI is InChI=1S/C26H26ClN3O/c1-17(2)30(3)16-18-9-12-21(13-10-18)28-25(19-7-5-4-6-8-19)24-22-14-11-20(27)15-23(22)29-26(24)31/h4-15,17,28H,16H2,1-3H3,(H,29,31). The van der Waals surface area contributed by atoms with Gasteiger partial charge in [0.05, 0.1) is 17.0 Å². The van der Waals surface area contributed by atoms with Crippen LogP contribution >= 0.6 is 11.6 Å². The van der Waals surface area contributed by atoms with E-state index in [1.54, 1.807) is 6.07 Å². The van der Waals surface area contributed by atoms with Crippen LogP contribution in [0.2, 0.25) is 5.02 Å². The highest BCUT2D eigenvalue weighted by molar-refractivity contribution is 6.38. The van der Waals surface area contributed by atoms with Gasteiger partial charge in [-0.3, -0.25) is 9.69 Å². The molecule has 0 bridgehead atoms. The van der Waals surface area contributed by atoms with Crippen molar-refractivity contribution in [3.05, 3.63) is 94.5 Å². The van der Waals surface area contributed by atoms with E-state index in [9.17, 15) is 4.79 Å². The van der Waals surface area contributed by atoms with E-state index in [0.717, 1.165) is 34.7 Å². The molecule has 1 aliphatic rings. The Labute approximate surface area is 188 Å². The fraction of sp³-hybridized carbons (Fsp3) is 0.192. The second-order valence-corrected chi connectivity index (χ2v) is 8.53. The molecule has 0 saturated carbocycles. The lowest BCUT2D eigenvalue weighted by molar-refractivity contribution is -0.110. The summed E-state index contributed by atoms with van der Waals surface area (Å²) < 4.78 is 0. The van der Waals surface area contributed by atoms with Crippen LogP contribution in [0, 0.1) is 0 Å². The van der Waals surface area contributed by atoms with E-state index in [1.807, 2.05) is 42.5 Å². The highest BCUT2D eigenvalue weighted by Crippen LogP contribution is 2.38. The summed E-state index contributed by atoms with van der Waals surface area (Å²) >= 11 is 6.13. The van der Waals surface area contributed by atoms with Crippen LogP contribution in [0.3, 0.4) is 0 Å². The summed E-state index contributed by atoms with van der Waals surface area (Å²) in [5.74, 6) is -0.140. The van der Waals surface area contributed by atoms with E-state index in [2.05, 4.69) is 60.7 Å². The Morgan fingerprint density at radius 3 is 2.42 bits per heavy atom. The molecule has 0 fully saturated rings. The maximum atomic E-state index is 12.9. The third-order valence-corrected chi connectivity index (χ3v) is 5.81. The lowest BCUT2D eigenvalue weighted by atomic mass is 10.00. The van der Waals surface area contributed by atoms with E-state index in [0.29, 0.717) is 16.6 Å². The zero-order valence-corrected chi connectivity index (χ0v) is 18.7. The molecule has 0 atom stereocenters. The molecular weight excluding hydrogens is 406 g/mol. The summed E-state index contributed by atoms with van der Waals surface area (Å²) in [5.41, 5.74) is 6.07. The molecule has 2 N–H and O–H groups in total. The monoisotopic (exact) mass is 431 g/mol. The van der Waals surface area contributed by atoms with Crippen LogP contribution in [0.4, 0.5) is 11.4 Å². The number of hydrogen-bond acceptors (Lipinski definition) is 3.